The molecule has 5 N–H and O–H groups in total. The molecule has 1 aliphatic rings. The molecule has 4 rings (SSSR count). The number of aliphatic hydroxyl groups is 1. The number of hydrazine groups is 2. The van der Waals surface area contributed by atoms with Crippen LogP contribution < -0.4 is 21.6 Å². The number of nitriles is 1. The summed E-state index contributed by atoms with van der Waals surface area (Å²) in [6, 6.07) is 9.76. The van der Waals surface area contributed by atoms with E-state index in [0.29, 0.717) is 33.0 Å². The van der Waals surface area contributed by atoms with Crippen molar-refractivity contribution < 1.29 is 9.50 Å². The van der Waals surface area contributed by atoms with Gasteiger partial charge in [-0.05, 0) is 62.2 Å². The van der Waals surface area contributed by atoms with Crippen molar-refractivity contribution in [1.82, 2.24) is 21.0 Å². The maximum absolute atomic E-state index is 13.8. The number of halogens is 3. The van der Waals surface area contributed by atoms with Gasteiger partial charge in [0.1, 0.15) is 11.9 Å². The Morgan fingerprint density at radius 3 is 2.66 bits per heavy atom. The summed E-state index contributed by atoms with van der Waals surface area (Å²) >= 11 is 12.7. The lowest BCUT2D eigenvalue weighted by Crippen LogP contribution is -2.42. The number of allylic oxidation sites excluding steroid dienone is 2. The van der Waals surface area contributed by atoms with Crippen LogP contribution in [-0.4, -0.2) is 33.8 Å². The Morgan fingerprint density at radius 2 is 2.00 bits per heavy atom. The Hall–Kier alpha value is -4.07. The molecule has 1 aliphatic heterocycles. The highest BCUT2D eigenvalue weighted by Gasteiger charge is 2.24. The van der Waals surface area contributed by atoms with Gasteiger partial charge in [-0.1, -0.05) is 48.0 Å². The molecule has 3 aromatic rings. The van der Waals surface area contributed by atoms with Crippen molar-refractivity contribution >= 4 is 51.2 Å². The summed E-state index contributed by atoms with van der Waals surface area (Å²) in [5, 5.41) is 28.7. The van der Waals surface area contributed by atoms with Crippen LogP contribution in [0.5, 0.6) is 0 Å². The van der Waals surface area contributed by atoms with Gasteiger partial charge in [-0.25, -0.2) is 4.39 Å². The second-order valence-corrected chi connectivity index (χ2v) is 10.6. The van der Waals surface area contributed by atoms with E-state index in [1.165, 1.54) is 24.4 Å². The standard InChI is InChI=1S/C30H30Cl2FN7O/c1-17(2)40-15-27(38-39-40)28(19(4)7-5-6-18(3)16-41)37-22-10-23-29(36-21-8-9-26(33)24(31)11-21)20(13-34)14-35-30(23)25(32)12-22/h5-12,14-15,17,28,37-39,41H,4,16H2,1-3H3,(H,35,36)/b7-5-,18-6+/t28-/m0/s1. The Labute approximate surface area is 248 Å². The maximum Gasteiger partial charge on any atom is 0.141 e. The number of anilines is 3. The largest absolute Gasteiger partial charge is 0.392 e. The van der Waals surface area contributed by atoms with Gasteiger partial charge in [-0.2, -0.15) is 5.26 Å². The number of fused-ring (bicyclic) bond motifs is 1. The third-order valence-electron chi connectivity index (χ3n) is 6.33. The number of aromatic nitrogens is 1. The van der Waals surface area contributed by atoms with Gasteiger partial charge in [0, 0.05) is 35.2 Å². The second kappa shape index (κ2) is 13.1. The molecule has 0 amide bonds. The highest BCUT2D eigenvalue weighted by Crippen LogP contribution is 2.36. The van der Waals surface area contributed by atoms with E-state index in [9.17, 15) is 14.8 Å². The summed E-state index contributed by atoms with van der Waals surface area (Å²) in [5.41, 5.74) is 11.1. The predicted molar refractivity (Wildman–Crippen MR) is 164 cm³/mol. The highest BCUT2D eigenvalue weighted by atomic mass is 35.5. The maximum atomic E-state index is 13.8. The van der Waals surface area contributed by atoms with E-state index in [2.05, 4.69) is 53.1 Å². The van der Waals surface area contributed by atoms with Gasteiger partial charge < -0.3 is 21.2 Å². The zero-order chi connectivity index (χ0) is 29.7. The number of pyridine rings is 1. The summed E-state index contributed by atoms with van der Waals surface area (Å²) in [5.74, 6) is -0.547. The predicted octanol–water partition coefficient (Wildman–Crippen LogP) is 6.70. The first-order chi connectivity index (χ1) is 19.6. The van der Waals surface area contributed by atoms with Crippen LogP contribution in [0.4, 0.5) is 21.5 Å². The molecule has 41 heavy (non-hydrogen) atoms. The molecule has 0 unspecified atom stereocenters. The lowest BCUT2D eigenvalue weighted by molar-refractivity contribution is 0.221. The van der Waals surface area contributed by atoms with E-state index in [4.69, 9.17) is 23.2 Å². The number of benzene rings is 2. The van der Waals surface area contributed by atoms with Crippen molar-refractivity contribution in [3.05, 3.63) is 106 Å². The monoisotopic (exact) mass is 593 g/mol. The van der Waals surface area contributed by atoms with E-state index in [-0.39, 0.29) is 23.2 Å². The van der Waals surface area contributed by atoms with Crippen LogP contribution in [0.25, 0.3) is 10.9 Å². The average Bonchev–Trinajstić information content (AvgIpc) is 3.44. The Morgan fingerprint density at radius 1 is 1.24 bits per heavy atom. The molecule has 0 aliphatic carbocycles. The van der Waals surface area contributed by atoms with E-state index in [1.807, 2.05) is 42.4 Å². The van der Waals surface area contributed by atoms with Crippen molar-refractivity contribution in [3.8, 4) is 6.07 Å². The molecule has 0 spiro atoms. The Balaban J connectivity index is 1.77. The van der Waals surface area contributed by atoms with Crippen LogP contribution in [0.15, 0.2) is 84.4 Å². The number of rotatable bonds is 10. The number of hydrogen-bond donors (Lipinski definition) is 5. The molecule has 212 valence electrons. The first-order valence-electron chi connectivity index (χ1n) is 12.8. The van der Waals surface area contributed by atoms with Crippen molar-refractivity contribution in [1.29, 1.82) is 5.26 Å². The lowest BCUT2D eigenvalue weighted by Gasteiger charge is -2.22. The van der Waals surface area contributed by atoms with E-state index in [1.54, 1.807) is 6.07 Å². The molecule has 0 saturated carbocycles. The third kappa shape index (κ3) is 6.99. The molecule has 8 nitrogen and oxygen atoms in total. The molecular formula is C30H30Cl2FN7O. The van der Waals surface area contributed by atoms with Crippen LogP contribution in [0.3, 0.4) is 0 Å². The molecule has 1 atom stereocenters. The molecule has 0 radical (unpaired) electrons. The zero-order valence-electron chi connectivity index (χ0n) is 22.8. The second-order valence-electron chi connectivity index (χ2n) is 9.77. The van der Waals surface area contributed by atoms with E-state index >= 15 is 0 Å². The molecule has 11 heteroatoms. The molecule has 0 bridgehead atoms. The van der Waals surface area contributed by atoms with Crippen molar-refractivity contribution in [2.75, 3.05) is 17.2 Å². The van der Waals surface area contributed by atoms with Gasteiger partial charge in [-0.15, -0.1) is 5.53 Å². The number of hydrogen-bond acceptors (Lipinski definition) is 8. The minimum absolute atomic E-state index is 0.0344. The van der Waals surface area contributed by atoms with Crippen LogP contribution >= 0.6 is 23.2 Å². The number of nitrogens with zero attached hydrogens (tertiary/aromatic N) is 3. The SMILES string of the molecule is C=C(/C=C\C=C(/C)CO)[C@H](Nc1cc(Cl)c2ncc(C#N)c(Nc3ccc(F)c(Cl)c3)c2c1)C1=CN(C(C)C)NN1. The van der Waals surface area contributed by atoms with Gasteiger partial charge in [0.05, 0.1) is 45.2 Å². The van der Waals surface area contributed by atoms with Crippen LogP contribution in [-0.2, 0) is 0 Å². The minimum Gasteiger partial charge on any atom is -0.392 e. The molecule has 2 heterocycles. The first kappa shape index (κ1) is 29.9. The zero-order valence-corrected chi connectivity index (χ0v) is 24.3. The quantitative estimate of drug-likeness (QED) is 0.165. The fourth-order valence-corrected chi connectivity index (χ4v) is 4.52. The van der Waals surface area contributed by atoms with Gasteiger partial charge in [-0.3, -0.25) is 9.99 Å². The van der Waals surface area contributed by atoms with Gasteiger partial charge in [0.15, 0.2) is 0 Å². The Kier molecular flexibility index (Phi) is 9.53. The van der Waals surface area contributed by atoms with Crippen LogP contribution in [0, 0.1) is 17.1 Å². The lowest BCUT2D eigenvalue weighted by atomic mass is 10.0. The first-order valence-corrected chi connectivity index (χ1v) is 13.5. The van der Waals surface area contributed by atoms with E-state index < -0.39 is 11.9 Å². The molecule has 0 fully saturated rings. The molecule has 0 saturated heterocycles. The van der Waals surface area contributed by atoms with Crippen LogP contribution in [0.1, 0.15) is 26.3 Å². The summed E-state index contributed by atoms with van der Waals surface area (Å²) < 4.78 is 13.8. The normalized spacial score (nSPS) is 14.3. The summed E-state index contributed by atoms with van der Waals surface area (Å²) in [7, 11) is 0. The fourth-order valence-electron chi connectivity index (χ4n) is 4.07. The highest BCUT2D eigenvalue weighted by molar-refractivity contribution is 6.36. The van der Waals surface area contributed by atoms with Gasteiger partial charge in [0.25, 0.3) is 0 Å². The van der Waals surface area contributed by atoms with Crippen LogP contribution in [0.2, 0.25) is 10.0 Å². The fraction of sp³-hybridized carbons (Fsp3) is 0.200. The topological polar surface area (TPSA) is 108 Å². The minimum atomic E-state index is -0.547. The summed E-state index contributed by atoms with van der Waals surface area (Å²) in [4.78, 5) is 4.41. The summed E-state index contributed by atoms with van der Waals surface area (Å²) in [6.45, 7) is 10.2. The van der Waals surface area contributed by atoms with E-state index in [0.717, 1.165) is 16.8 Å². The van der Waals surface area contributed by atoms with Gasteiger partial charge >= 0.3 is 0 Å². The smallest absolute Gasteiger partial charge is 0.141 e. The van der Waals surface area contributed by atoms with Crippen molar-refractivity contribution in [3.63, 3.8) is 0 Å². The van der Waals surface area contributed by atoms with Crippen molar-refractivity contribution in [2.45, 2.75) is 32.9 Å². The molecular weight excluding hydrogens is 564 g/mol. The summed E-state index contributed by atoms with van der Waals surface area (Å²) in [6.07, 6.45) is 8.91. The number of nitrogens with one attached hydrogen (secondary N) is 4. The molecule has 1 aromatic heterocycles. The third-order valence-corrected chi connectivity index (χ3v) is 6.91. The van der Waals surface area contributed by atoms with Crippen molar-refractivity contribution in [2.24, 2.45) is 0 Å². The van der Waals surface area contributed by atoms with Gasteiger partial charge in [0.2, 0.25) is 0 Å². The number of aliphatic hydroxyl groups excluding tert-OH is 1. The average molecular weight is 595 g/mol. The Bertz CT molecular complexity index is 1610. The molecule has 2 aromatic carbocycles.